The van der Waals surface area contributed by atoms with Crippen molar-refractivity contribution in [1.82, 2.24) is 0 Å². The fraction of sp³-hybridized carbons (Fsp3) is 0.111. The van der Waals surface area contributed by atoms with Crippen molar-refractivity contribution < 1.29 is 19.4 Å². The third-order valence-corrected chi connectivity index (χ3v) is 1.52. The fourth-order valence-corrected chi connectivity index (χ4v) is 0.885. The number of hydrogen-bond acceptors (Lipinski definition) is 3. The molecule has 0 heterocycles. The molecule has 0 aliphatic carbocycles. The Labute approximate surface area is 80.3 Å². The molecule has 14 heavy (non-hydrogen) atoms. The number of amides is 1. The molecule has 1 aromatic rings. The van der Waals surface area contributed by atoms with Crippen LogP contribution in [-0.4, -0.2) is 24.1 Å². The third kappa shape index (κ3) is 2.48. The van der Waals surface area contributed by atoms with Crippen LogP contribution >= 0.6 is 0 Å². The van der Waals surface area contributed by atoms with Crippen molar-refractivity contribution in [3.05, 3.63) is 24.3 Å². The van der Waals surface area contributed by atoms with E-state index in [2.05, 4.69) is 5.32 Å². The highest BCUT2D eigenvalue weighted by Crippen LogP contribution is 2.16. The molecule has 5 heteroatoms. The van der Waals surface area contributed by atoms with Gasteiger partial charge in [0.15, 0.2) is 0 Å². The first-order valence-electron chi connectivity index (χ1n) is 3.82. The van der Waals surface area contributed by atoms with E-state index in [1.54, 1.807) is 18.2 Å². The second kappa shape index (κ2) is 4.27. The van der Waals surface area contributed by atoms with Crippen LogP contribution in [0.5, 0.6) is 5.75 Å². The van der Waals surface area contributed by atoms with Crippen LogP contribution in [-0.2, 0) is 9.59 Å². The lowest BCUT2D eigenvalue weighted by atomic mass is 10.3. The SMILES string of the molecule is COc1cccc(NC(=O)C(=O)O)c1. The van der Waals surface area contributed by atoms with Crippen LogP contribution in [0.3, 0.4) is 0 Å². The van der Waals surface area contributed by atoms with Crippen LogP contribution < -0.4 is 10.1 Å². The highest BCUT2D eigenvalue weighted by Gasteiger charge is 2.10. The van der Waals surface area contributed by atoms with E-state index in [-0.39, 0.29) is 0 Å². The van der Waals surface area contributed by atoms with Crippen LogP contribution in [0.1, 0.15) is 0 Å². The van der Waals surface area contributed by atoms with Gasteiger partial charge in [-0.1, -0.05) is 6.07 Å². The number of carboxylic acids is 1. The maximum absolute atomic E-state index is 10.8. The second-order valence-electron chi connectivity index (χ2n) is 2.49. The number of aliphatic carboxylic acids is 1. The first-order valence-corrected chi connectivity index (χ1v) is 3.82. The van der Waals surface area contributed by atoms with E-state index in [1.807, 2.05) is 0 Å². The van der Waals surface area contributed by atoms with Crippen LogP contribution in [0.2, 0.25) is 0 Å². The molecular formula is C9H9NO4. The average molecular weight is 195 g/mol. The highest BCUT2D eigenvalue weighted by molar-refractivity contribution is 6.36. The maximum Gasteiger partial charge on any atom is 0.394 e. The summed E-state index contributed by atoms with van der Waals surface area (Å²) in [5, 5.41) is 10.5. The van der Waals surface area contributed by atoms with Gasteiger partial charge in [0.25, 0.3) is 0 Å². The molecule has 0 bridgehead atoms. The Morgan fingerprint density at radius 1 is 1.43 bits per heavy atom. The van der Waals surface area contributed by atoms with Crippen molar-refractivity contribution in [3.63, 3.8) is 0 Å². The van der Waals surface area contributed by atoms with Crippen molar-refractivity contribution in [1.29, 1.82) is 0 Å². The number of carbonyl (C=O) groups is 2. The number of benzene rings is 1. The minimum absolute atomic E-state index is 0.386. The van der Waals surface area contributed by atoms with Crippen molar-refractivity contribution in [2.75, 3.05) is 12.4 Å². The summed E-state index contributed by atoms with van der Waals surface area (Å²) < 4.78 is 4.90. The Morgan fingerprint density at radius 3 is 2.71 bits per heavy atom. The van der Waals surface area contributed by atoms with E-state index in [9.17, 15) is 9.59 Å². The molecule has 0 atom stereocenters. The van der Waals surface area contributed by atoms with Crippen molar-refractivity contribution in [3.8, 4) is 5.75 Å². The minimum atomic E-state index is -1.52. The monoisotopic (exact) mass is 195 g/mol. The lowest BCUT2D eigenvalue weighted by Crippen LogP contribution is -2.21. The van der Waals surface area contributed by atoms with E-state index in [0.29, 0.717) is 11.4 Å². The van der Waals surface area contributed by atoms with Gasteiger partial charge in [-0.05, 0) is 12.1 Å². The van der Waals surface area contributed by atoms with Gasteiger partial charge in [-0.3, -0.25) is 4.79 Å². The topological polar surface area (TPSA) is 75.6 Å². The molecule has 0 spiro atoms. The second-order valence-corrected chi connectivity index (χ2v) is 2.49. The highest BCUT2D eigenvalue weighted by atomic mass is 16.5. The first kappa shape index (κ1) is 10.0. The molecular weight excluding hydrogens is 186 g/mol. The number of methoxy groups -OCH3 is 1. The van der Waals surface area contributed by atoms with E-state index in [1.165, 1.54) is 13.2 Å². The van der Waals surface area contributed by atoms with E-state index in [0.717, 1.165) is 0 Å². The molecule has 0 aliphatic heterocycles. The molecule has 0 aromatic heterocycles. The standard InChI is InChI=1S/C9H9NO4/c1-14-7-4-2-3-6(5-7)10-8(11)9(12)13/h2-5H,1H3,(H,10,11)(H,12,13). The third-order valence-electron chi connectivity index (χ3n) is 1.52. The van der Waals surface area contributed by atoms with Crippen LogP contribution in [0.15, 0.2) is 24.3 Å². The molecule has 0 saturated heterocycles. The molecule has 5 nitrogen and oxygen atoms in total. The smallest absolute Gasteiger partial charge is 0.394 e. The Bertz CT molecular complexity index is 362. The lowest BCUT2D eigenvalue weighted by molar-refractivity contribution is -0.147. The number of carboxylic acid groups (broad SMARTS) is 1. The molecule has 1 rings (SSSR count). The number of rotatable bonds is 2. The summed E-state index contributed by atoms with van der Waals surface area (Å²) >= 11 is 0. The van der Waals surface area contributed by atoms with Crippen LogP contribution in [0.25, 0.3) is 0 Å². The van der Waals surface area contributed by atoms with Crippen molar-refractivity contribution in [2.24, 2.45) is 0 Å². The van der Waals surface area contributed by atoms with Gasteiger partial charge in [-0.15, -0.1) is 0 Å². The molecule has 1 aromatic carbocycles. The number of carbonyl (C=O) groups excluding carboxylic acids is 1. The van der Waals surface area contributed by atoms with Crippen LogP contribution in [0, 0.1) is 0 Å². The largest absolute Gasteiger partial charge is 0.497 e. The summed E-state index contributed by atoms with van der Waals surface area (Å²) in [4.78, 5) is 21.0. The van der Waals surface area contributed by atoms with Gasteiger partial charge in [0, 0.05) is 11.8 Å². The summed E-state index contributed by atoms with van der Waals surface area (Å²) in [6, 6.07) is 6.44. The van der Waals surface area contributed by atoms with Gasteiger partial charge in [-0.25, -0.2) is 4.79 Å². The van der Waals surface area contributed by atoms with Gasteiger partial charge in [0.2, 0.25) is 0 Å². The van der Waals surface area contributed by atoms with Gasteiger partial charge in [-0.2, -0.15) is 0 Å². The van der Waals surface area contributed by atoms with Crippen molar-refractivity contribution in [2.45, 2.75) is 0 Å². The van der Waals surface area contributed by atoms with Gasteiger partial charge in [0.1, 0.15) is 5.75 Å². The zero-order valence-corrected chi connectivity index (χ0v) is 7.48. The molecule has 0 fully saturated rings. The predicted octanol–water partition coefficient (Wildman–Crippen LogP) is 0.718. The Hall–Kier alpha value is -2.04. The number of hydrogen-bond donors (Lipinski definition) is 2. The number of anilines is 1. The van der Waals surface area contributed by atoms with E-state index in [4.69, 9.17) is 9.84 Å². The predicted molar refractivity (Wildman–Crippen MR) is 49.3 cm³/mol. The first-order chi connectivity index (χ1) is 6.63. The summed E-state index contributed by atoms with van der Waals surface area (Å²) in [6.07, 6.45) is 0. The fourth-order valence-electron chi connectivity index (χ4n) is 0.885. The molecule has 2 N–H and O–H groups in total. The molecule has 0 unspecified atom stereocenters. The molecule has 0 radical (unpaired) electrons. The Morgan fingerprint density at radius 2 is 2.14 bits per heavy atom. The number of nitrogens with one attached hydrogen (secondary N) is 1. The van der Waals surface area contributed by atoms with Gasteiger partial charge < -0.3 is 15.2 Å². The Kier molecular flexibility index (Phi) is 3.06. The van der Waals surface area contributed by atoms with Gasteiger partial charge >= 0.3 is 11.9 Å². The quantitative estimate of drug-likeness (QED) is 0.681. The molecule has 1 amide bonds. The minimum Gasteiger partial charge on any atom is -0.497 e. The summed E-state index contributed by atoms with van der Waals surface area (Å²) in [6.45, 7) is 0. The summed E-state index contributed by atoms with van der Waals surface area (Å²) in [5.74, 6) is -2.04. The zero-order chi connectivity index (χ0) is 10.6. The van der Waals surface area contributed by atoms with Crippen LogP contribution in [0.4, 0.5) is 5.69 Å². The molecule has 0 saturated carbocycles. The average Bonchev–Trinajstić information content (AvgIpc) is 2.18. The normalized spacial score (nSPS) is 9.21. The van der Waals surface area contributed by atoms with E-state index >= 15 is 0 Å². The summed E-state index contributed by atoms with van der Waals surface area (Å²) in [7, 11) is 1.48. The summed E-state index contributed by atoms with van der Waals surface area (Å²) in [5.41, 5.74) is 0.386. The molecule has 0 aliphatic rings. The van der Waals surface area contributed by atoms with Gasteiger partial charge in [0.05, 0.1) is 7.11 Å². The van der Waals surface area contributed by atoms with Crippen molar-refractivity contribution >= 4 is 17.6 Å². The Balaban J connectivity index is 2.76. The number of ether oxygens (including phenoxy) is 1. The zero-order valence-electron chi connectivity index (χ0n) is 7.48. The molecule has 74 valence electrons. The maximum atomic E-state index is 10.8. The van der Waals surface area contributed by atoms with E-state index < -0.39 is 11.9 Å². The lowest BCUT2D eigenvalue weighted by Gasteiger charge is -2.03.